The fourth-order valence-electron chi connectivity index (χ4n) is 7.03. The van der Waals surface area contributed by atoms with Crippen LogP contribution >= 0.6 is 11.6 Å². The zero-order valence-corrected chi connectivity index (χ0v) is 23.6. The number of carbonyl (C=O) groups is 1. The minimum atomic E-state index is -0.941. The smallest absolute Gasteiger partial charge is 0.274 e. The lowest BCUT2D eigenvalue weighted by atomic mass is 9.90. The number of aliphatic hydroxyl groups is 1. The summed E-state index contributed by atoms with van der Waals surface area (Å²) in [6, 6.07) is 6.06. The van der Waals surface area contributed by atoms with Crippen LogP contribution in [0.2, 0.25) is 5.02 Å². The van der Waals surface area contributed by atoms with Gasteiger partial charge in [0, 0.05) is 25.7 Å². The first-order valence-corrected chi connectivity index (χ1v) is 14.3. The van der Waals surface area contributed by atoms with E-state index in [0.29, 0.717) is 41.8 Å². The van der Waals surface area contributed by atoms with E-state index in [1.165, 1.54) is 31.0 Å². The molecule has 2 aromatic heterocycles. The molecule has 0 bridgehead atoms. The Kier molecular flexibility index (Phi) is 7.19. The number of imidazole rings is 1. The number of likely N-dealkylation sites (tertiary alicyclic amines) is 1. The molecule has 1 saturated heterocycles. The van der Waals surface area contributed by atoms with Crippen molar-refractivity contribution < 1.29 is 14.3 Å². The maximum Gasteiger partial charge on any atom is 0.274 e. The van der Waals surface area contributed by atoms with Gasteiger partial charge >= 0.3 is 0 Å². The molecule has 2 aliphatic carbocycles. The van der Waals surface area contributed by atoms with Crippen LogP contribution in [-0.2, 0) is 19.7 Å². The van der Waals surface area contributed by atoms with Gasteiger partial charge < -0.3 is 15.0 Å². The number of benzene rings is 1. The van der Waals surface area contributed by atoms with E-state index in [4.69, 9.17) is 11.6 Å². The molecule has 3 aromatic rings. The second-order valence-corrected chi connectivity index (χ2v) is 12.0. The molecule has 2 atom stereocenters. The third-order valence-electron chi connectivity index (χ3n) is 8.86. The lowest BCUT2D eigenvalue weighted by Gasteiger charge is -2.25. The lowest BCUT2D eigenvalue weighted by molar-refractivity contribution is 0.0263. The van der Waals surface area contributed by atoms with Gasteiger partial charge in [-0.05, 0) is 93.6 Å². The highest BCUT2D eigenvalue weighted by Crippen LogP contribution is 2.56. The van der Waals surface area contributed by atoms with Crippen molar-refractivity contribution in [1.29, 1.82) is 0 Å². The number of amides is 1. The number of hydrogen-bond acceptors (Lipinski definition) is 5. The van der Waals surface area contributed by atoms with Gasteiger partial charge in [0.2, 0.25) is 0 Å². The number of nitrogens with one attached hydrogen (secondary N) is 1. The van der Waals surface area contributed by atoms with Crippen LogP contribution in [0.4, 0.5) is 10.1 Å². The summed E-state index contributed by atoms with van der Waals surface area (Å²) in [5.74, 6) is 6.35. The summed E-state index contributed by atoms with van der Waals surface area (Å²) in [7, 11) is 3.68. The molecule has 40 heavy (non-hydrogen) atoms. The number of halogens is 2. The van der Waals surface area contributed by atoms with Crippen molar-refractivity contribution >= 4 is 23.2 Å². The molecule has 1 aliphatic heterocycles. The summed E-state index contributed by atoms with van der Waals surface area (Å²) in [5, 5.41) is 19.1. The number of aryl methyl sites for hydroxylation is 2. The van der Waals surface area contributed by atoms with Crippen LogP contribution in [0.3, 0.4) is 0 Å². The SMILES string of the molecule is Cn1cnc(C2CC3CC(O)(c4cc(C#CCN5CCCC5)nn4C)CC3C2)c1C(=O)Nc1ccc(F)c(Cl)c1. The number of nitrogens with zero attached hydrogens (tertiary/aromatic N) is 5. The monoisotopic (exact) mass is 564 g/mol. The molecule has 10 heteroatoms. The van der Waals surface area contributed by atoms with Gasteiger partial charge in [-0.15, -0.1) is 0 Å². The molecule has 1 aromatic carbocycles. The van der Waals surface area contributed by atoms with Gasteiger partial charge in [-0.2, -0.15) is 5.10 Å². The largest absolute Gasteiger partial charge is 0.384 e. The van der Waals surface area contributed by atoms with Gasteiger partial charge in [-0.25, -0.2) is 9.37 Å². The van der Waals surface area contributed by atoms with Gasteiger partial charge in [0.05, 0.1) is 29.3 Å². The Bertz CT molecular complexity index is 1480. The number of hydrogen-bond donors (Lipinski definition) is 2. The first-order valence-electron chi connectivity index (χ1n) is 14.0. The van der Waals surface area contributed by atoms with Crippen molar-refractivity contribution in [2.45, 2.75) is 50.0 Å². The Morgan fingerprint density at radius 2 is 1.93 bits per heavy atom. The second kappa shape index (κ2) is 10.7. The van der Waals surface area contributed by atoms with Gasteiger partial charge in [-0.3, -0.25) is 14.4 Å². The zero-order chi connectivity index (χ0) is 28.0. The van der Waals surface area contributed by atoms with E-state index in [2.05, 4.69) is 32.1 Å². The van der Waals surface area contributed by atoms with Crippen molar-refractivity contribution in [2.75, 3.05) is 25.0 Å². The summed E-state index contributed by atoms with van der Waals surface area (Å²) in [4.78, 5) is 20.2. The van der Waals surface area contributed by atoms with Crippen molar-refractivity contribution in [3.8, 4) is 11.8 Å². The lowest BCUT2D eigenvalue weighted by Crippen LogP contribution is -2.26. The topological polar surface area (TPSA) is 88.2 Å². The van der Waals surface area contributed by atoms with Crippen molar-refractivity contribution in [1.82, 2.24) is 24.2 Å². The average molecular weight is 565 g/mol. The van der Waals surface area contributed by atoms with Crippen LogP contribution in [0, 0.1) is 29.5 Å². The molecule has 2 N–H and O–H groups in total. The van der Waals surface area contributed by atoms with Crippen LogP contribution in [0.25, 0.3) is 0 Å². The Balaban J connectivity index is 1.13. The van der Waals surface area contributed by atoms with Crippen LogP contribution in [0.5, 0.6) is 0 Å². The van der Waals surface area contributed by atoms with Crippen LogP contribution in [0.15, 0.2) is 30.6 Å². The molecule has 3 heterocycles. The van der Waals surface area contributed by atoms with Crippen LogP contribution in [-0.4, -0.2) is 54.9 Å². The number of anilines is 1. The van der Waals surface area contributed by atoms with Crippen molar-refractivity contribution in [3.63, 3.8) is 0 Å². The fraction of sp³-hybridized carbons (Fsp3) is 0.500. The standard InChI is InChI=1S/C30H34ClFN6O2/c1-36-18-33-27(28(36)29(39)34-22-7-8-25(32)24(31)14-22)19-12-20-16-30(40,17-21(20)13-19)26-15-23(35-37(26)2)6-5-11-38-9-3-4-10-38/h7-8,14-15,18-21,40H,3-4,9-13,16-17H2,1-2H3,(H,34,39). The van der Waals surface area contributed by atoms with E-state index in [1.807, 2.05) is 13.1 Å². The van der Waals surface area contributed by atoms with E-state index in [-0.39, 0.29) is 16.8 Å². The third-order valence-corrected chi connectivity index (χ3v) is 9.15. The molecule has 6 rings (SSSR count). The molecule has 8 nitrogen and oxygen atoms in total. The molecule has 3 aliphatic rings. The quantitative estimate of drug-likeness (QED) is 0.448. The van der Waals surface area contributed by atoms with Gasteiger partial charge in [0.15, 0.2) is 0 Å². The van der Waals surface area contributed by atoms with E-state index < -0.39 is 11.4 Å². The second-order valence-electron chi connectivity index (χ2n) is 11.6. The molecule has 3 fully saturated rings. The highest BCUT2D eigenvalue weighted by Gasteiger charge is 2.51. The predicted octanol–water partition coefficient (Wildman–Crippen LogP) is 4.44. The Labute approximate surface area is 238 Å². The van der Waals surface area contributed by atoms with Crippen LogP contribution < -0.4 is 5.32 Å². The van der Waals surface area contributed by atoms with E-state index in [0.717, 1.165) is 43.9 Å². The van der Waals surface area contributed by atoms with Crippen molar-refractivity contribution in [3.05, 3.63) is 64.2 Å². The average Bonchev–Trinajstić information content (AvgIpc) is 3.71. The fourth-order valence-corrected chi connectivity index (χ4v) is 7.21. The number of carbonyl (C=O) groups excluding carboxylic acids is 1. The maximum atomic E-state index is 13.6. The molecule has 2 saturated carbocycles. The summed E-state index contributed by atoms with van der Waals surface area (Å²) in [5.41, 5.74) is 2.26. The summed E-state index contributed by atoms with van der Waals surface area (Å²) in [6.07, 6.45) is 7.15. The zero-order valence-electron chi connectivity index (χ0n) is 22.8. The summed E-state index contributed by atoms with van der Waals surface area (Å²) in [6.45, 7) is 2.98. The van der Waals surface area contributed by atoms with Crippen molar-refractivity contribution in [2.24, 2.45) is 25.9 Å². The minimum absolute atomic E-state index is 0.0474. The number of fused-ring (bicyclic) bond motifs is 1. The first-order chi connectivity index (χ1) is 19.2. The van der Waals surface area contributed by atoms with Gasteiger partial charge in [0.25, 0.3) is 5.91 Å². The Hall–Kier alpha value is -3.19. The molecule has 210 valence electrons. The molecule has 0 radical (unpaired) electrons. The van der Waals surface area contributed by atoms with E-state index in [1.54, 1.807) is 22.6 Å². The normalized spacial score (nSPS) is 26.1. The molecule has 2 unspecified atom stereocenters. The number of rotatable bonds is 5. The molecular weight excluding hydrogens is 531 g/mol. The van der Waals surface area contributed by atoms with Crippen LogP contribution in [0.1, 0.15) is 72.0 Å². The summed E-state index contributed by atoms with van der Waals surface area (Å²) >= 11 is 5.89. The highest BCUT2D eigenvalue weighted by atomic mass is 35.5. The highest BCUT2D eigenvalue weighted by molar-refractivity contribution is 6.31. The first kappa shape index (κ1) is 27.0. The Morgan fingerprint density at radius 1 is 1.20 bits per heavy atom. The van der Waals surface area contributed by atoms with E-state index in [9.17, 15) is 14.3 Å². The van der Waals surface area contributed by atoms with Gasteiger partial charge in [-0.1, -0.05) is 17.5 Å². The molecular formula is C30H34ClFN6O2. The minimum Gasteiger partial charge on any atom is -0.384 e. The van der Waals surface area contributed by atoms with E-state index >= 15 is 0 Å². The Morgan fingerprint density at radius 3 is 2.62 bits per heavy atom. The summed E-state index contributed by atoms with van der Waals surface area (Å²) < 4.78 is 17.1. The molecule has 0 spiro atoms. The predicted molar refractivity (Wildman–Crippen MR) is 150 cm³/mol. The maximum absolute atomic E-state index is 13.6. The third kappa shape index (κ3) is 5.16. The van der Waals surface area contributed by atoms with Gasteiger partial charge in [0.1, 0.15) is 22.8 Å². The number of aromatic nitrogens is 4. The molecule has 1 amide bonds.